The van der Waals surface area contributed by atoms with Gasteiger partial charge in [0, 0.05) is 24.0 Å². The van der Waals surface area contributed by atoms with Crippen molar-refractivity contribution in [1.29, 1.82) is 0 Å². The number of para-hydroxylation sites is 1. The number of hydrogen-bond acceptors (Lipinski definition) is 8. The van der Waals surface area contributed by atoms with E-state index < -0.39 is 0 Å². The SMILES string of the molecule is CCOc1cccc2c(-c3cn(C/C(C=O)=C/C=C\N(C)C(C)C)nn3)nc(N)nc12. The third-order valence-corrected chi connectivity index (χ3v) is 4.73. The maximum atomic E-state index is 11.5. The molecule has 0 aliphatic carbocycles. The van der Waals surface area contributed by atoms with Gasteiger partial charge in [-0.15, -0.1) is 5.10 Å². The predicted molar refractivity (Wildman–Crippen MR) is 120 cm³/mol. The quantitative estimate of drug-likeness (QED) is 0.319. The molecule has 0 atom stereocenters. The maximum absolute atomic E-state index is 11.5. The minimum atomic E-state index is 0.122. The van der Waals surface area contributed by atoms with E-state index in [9.17, 15) is 4.79 Å². The van der Waals surface area contributed by atoms with E-state index in [2.05, 4.69) is 34.1 Å². The molecule has 2 aromatic heterocycles. The Morgan fingerprint density at radius 3 is 2.84 bits per heavy atom. The first-order chi connectivity index (χ1) is 14.9. The van der Waals surface area contributed by atoms with Crippen LogP contribution in [0.2, 0.25) is 0 Å². The second-order valence-corrected chi connectivity index (χ2v) is 7.28. The number of benzene rings is 1. The van der Waals surface area contributed by atoms with Crippen LogP contribution in [0.5, 0.6) is 5.75 Å². The lowest BCUT2D eigenvalue weighted by Gasteiger charge is -2.17. The lowest BCUT2D eigenvalue weighted by Crippen LogP contribution is -2.19. The number of anilines is 1. The Hall–Kier alpha value is -3.75. The molecule has 2 heterocycles. The molecule has 31 heavy (non-hydrogen) atoms. The third-order valence-electron chi connectivity index (χ3n) is 4.73. The fraction of sp³-hybridized carbons (Fsp3) is 0.318. The van der Waals surface area contributed by atoms with Crippen LogP contribution >= 0.6 is 0 Å². The van der Waals surface area contributed by atoms with Crippen LogP contribution in [0.25, 0.3) is 22.3 Å². The van der Waals surface area contributed by atoms with E-state index in [0.717, 1.165) is 11.7 Å². The molecule has 3 aromatic rings. The summed E-state index contributed by atoms with van der Waals surface area (Å²) in [6.45, 7) is 6.88. The molecule has 0 fully saturated rings. The molecule has 0 amide bonds. The van der Waals surface area contributed by atoms with Crippen molar-refractivity contribution in [3.05, 3.63) is 48.3 Å². The minimum Gasteiger partial charge on any atom is -0.492 e. The van der Waals surface area contributed by atoms with E-state index in [4.69, 9.17) is 10.5 Å². The standard InChI is InChI=1S/C22H27N7O2/c1-5-31-19-10-6-9-17-20(24-22(23)25-21(17)19)18-13-29(27-26-18)12-16(14-30)8-7-11-28(4)15(2)3/h6-11,13-15H,5,12H2,1-4H3,(H2,23,24,25)/b11-7-,16-8-. The molecule has 0 radical (unpaired) electrons. The Labute approximate surface area is 181 Å². The highest BCUT2D eigenvalue weighted by atomic mass is 16.5. The highest BCUT2D eigenvalue weighted by Gasteiger charge is 2.15. The summed E-state index contributed by atoms with van der Waals surface area (Å²) in [5.41, 5.74) is 8.22. The Bertz CT molecular complexity index is 1120. The highest BCUT2D eigenvalue weighted by molar-refractivity contribution is 5.95. The number of allylic oxidation sites excluding steroid dienone is 3. The van der Waals surface area contributed by atoms with Crippen LogP contribution in [-0.4, -0.2) is 55.8 Å². The molecule has 0 aliphatic heterocycles. The van der Waals surface area contributed by atoms with Crippen LogP contribution in [-0.2, 0) is 11.3 Å². The van der Waals surface area contributed by atoms with Gasteiger partial charge in [-0.1, -0.05) is 23.4 Å². The van der Waals surface area contributed by atoms with Crippen molar-refractivity contribution in [3.63, 3.8) is 0 Å². The Kier molecular flexibility index (Phi) is 6.96. The van der Waals surface area contributed by atoms with Crippen molar-refractivity contribution >= 4 is 23.1 Å². The molecule has 0 saturated heterocycles. The zero-order valence-electron chi connectivity index (χ0n) is 18.2. The summed E-state index contributed by atoms with van der Waals surface area (Å²) >= 11 is 0. The van der Waals surface area contributed by atoms with Crippen molar-refractivity contribution in [1.82, 2.24) is 29.9 Å². The molecule has 3 rings (SSSR count). The number of rotatable bonds is 9. The van der Waals surface area contributed by atoms with Crippen molar-refractivity contribution < 1.29 is 9.53 Å². The van der Waals surface area contributed by atoms with Crippen molar-refractivity contribution in [2.24, 2.45) is 0 Å². The molecule has 0 bridgehead atoms. The van der Waals surface area contributed by atoms with Gasteiger partial charge in [-0.3, -0.25) is 4.79 Å². The summed E-state index contributed by atoms with van der Waals surface area (Å²) in [4.78, 5) is 22.2. The fourth-order valence-electron chi connectivity index (χ4n) is 2.89. The van der Waals surface area contributed by atoms with Gasteiger partial charge in [0.25, 0.3) is 0 Å². The van der Waals surface area contributed by atoms with Gasteiger partial charge in [0.1, 0.15) is 28.9 Å². The van der Waals surface area contributed by atoms with Crippen molar-refractivity contribution in [2.45, 2.75) is 33.4 Å². The molecular formula is C22H27N7O2. The lowest BCUT2D eigenvalue weighted by molar-refractivity contribution is -0.105. The number of nitrogens with two attached hydrogens (primary N) is 1. The average Bonchev–Trinajstić information content (AvgIpc) is 3.21. The molecule has 0 aliphatic rings. The number of aldehydes is 1. The Morgan fingerprint density at radius 1 is 1.32 bits per heavy atom. The van der Waals surface area contributed by atoms with Gasteiger partial charge in [-0.25, -0.2) is 14.6 Å². The Balaban J connectivity index is 1.89. The van der Waals surface area contributed by atoms with Crippen LogP contribution in [0.1, 0.15) is 20.8 Å². The number of hydrogen-bond donors (Lipinski definition) is 1. The molecule has 0 unspecified atom stereocenters. The summed E-state index contributed by atoms with van der Waals surface area (Å²) in [7, 11) is 1.98. The molecule has 9 heteroatoms. The molecule has 9 nitrogen and oxygen atoms in total. The second kappa shape index (κ2) is 9.84. The smallest absolute Gasteiger partial charge is 0.221 e. The van der Waals surface area contributed by atoms with E-state index in [0.29, 0.717) is 40.9 Å². The van der Waals surface area contributed by atoms with Crippen LogP contribution < -0.4 is 10.5 Å². The summed E-state index contributed by atoms with van der Waals surface area (Å²) in [5, 5.41) is 9.14. The number of carbonyl (C=O) groups is 1. The number of nitrogens with zero attached hydrogens (tertiary/aromatic N) is 6. The maximum Gasteiger partial charge on any atom is 0.221 e. The number of fused-ring (bicyclic) bond motifs is 1. The van der Waals surface area contributed by atoms with Gasteiger partial charge >= 0.3 is 0 Å². The molecule has 1 aromatic carbocycles. The first-order valence-corrected chi connectivity index (χ1v) is 10.1. The largest absolute Gasteiger partial charge is 0.492 e. The van der Waals surface area contributed by atoms with E-state index >= 15 is 0 Å². The van der Waals surface area contributed by atoms with Crippen LogP contribution in [0, 0.1) is 0 Å². The highest BCUT2D eigenvalue weighted by Crippen LogP contribution is 2.30. The summed E-state index contributed by atoms with van der Waals surface area (Å²) in [6, 6.07) is 5.97. The normalized spacial score (nSPS) is 12.1. The fourth-order valence-corrected chi connectivity index (χ4v) is 2.89. The van der Waals surface area contributed by atoms with Gasteiger partial charge in [-0.05, 0) is 39.1 Å². The van der Waals surface area contributed by atoms with Crippen molar-refractivity contribution in [2.75, 3.05) is 19.4 Å². The Morgan fingerprint density at radius 2 is 2.13 bits per heavy atom. The zero-order chi connectivity index (χ0) is 22.4. The van der Waals surface area contributed by atoms with Gasteiger partial charge in [-0.2, -0.15) is 0 Å². The van der Waals surface area contributed by atoms with E-state index in [1.54, 1.807) is 17.0 Å². The predicted octanol–water partition coefficient (Wildman–Crippen LogP) is 2.85. The van der Waals surface area contributed by atoms with Crippen LogP contribution in [0.3, 0.4) is 0 Å². The molecule has 0 spiro atoms. The van der Waals surface area contributed by atoms with Gasteiger partial charge < -0.3 is 15.4 Å². The second-order valence-electron chi connectivity index (χ2n) is 7.28. The summed E-state index contributed by atoms with van der Waals surface area (Å²) in [6.07, 6.45) is 8.07. The first kappa shape index (κ1) is 21.9. The number of ether oxygens (including phenoxy) is 1. The van der Waals surface area contributed by atoms with Crippen LogP contribution in [0.15, 0.2) is 48.3 Å². The number of carbonyl (C=O) groups excluding carboxylic acids is 1. The third kappa shape index (κ3) is 5.25. The monoisotopic (exact) mass is 421 g/mol. The van der Waals surface area contributed by atoms with Gasteiger partial charge in [0.05, 0.1) is 19.3 Å². The molecule has 0 saturated carbocycles. The summed E-state index contributed by atoms with van der Waals surface area (Å²) in [5.74, 6) is 0.754. The average molecular weight is 422 g/mol. The minimum absolute atomic E-state index is 0.122. The van der Waals surface area contributed by atoms with E-state index in [1.807, 2.05) is 49.3 Å². The van der Waals surface area contributed by atoms with Crippen molar-refractivity contribution in [3.8, 4) is 17.1 Å². The van der Waals surface area contributed by atoms with E-state index in [-0.39, 0.29) is 12.5 Å². The molecule has 162 valence electrons. The van der Waals surface area contributed by atoms with Crippen LogP contribution in [0.4, 0.5) is 5.95 Å². The van der Waals surface area contributed by atoms with E-state index in [1.165, 1.54) is 0 Å². The lowest BCUT2D eigenvalue weighted by atomic mass is 10.1. The zero-order valence-corrected chi connectivity index (χ0v) is 18.2. The molecular weight excluding hydrogens is 394 g/mol. The number of aromatic nitrogens is 5. The molecule has 2 N–H and O–H groups in total. The first-order valence-electron chi connectivity index (χ1n) is 10.1. The topological polar surface area (TPSA) is 112 Å². The van der Waals surface area contributed by atoms with Gasteiger partial charge in [0.15, 0.2) is 0 Å². The summed E-state index contributed by atoms with van der Waals surface area (Å²) < 4.78 is 7.25. The number of nitrogen functional groups attached to an aromatic ring is 1. The van der Waals surface area contributed by atoms with Gasteiger partial charge in [0.2, 0.25) is 5.95 Å².